The highest BCUT2D eigenvalue weighted by atomic mass is 19.1. The first-order valence-electron chi connectivity index (χ1n) is 9.43. The van der Waals surface area contributed by atoms with Crippen molar-refractivity contribution in [2.45, 2.75) is 45.8 Å². The van der Waals surface area contributed by atoms with Gasteiger partial charge in [-0.1, -0.05) is 24.3 Å². The van der Waals surface area contributed by atoms with E-state index in [1.54, 1.807) is 58.9 Å². The lowest BCUT2D eigenvalue weighted by molar-refractivity contribution is -0.121. The van der Waals surface area contributed by atoms with E-state index in [0.29, 0.717) is 16.7 Å². The minimum atomic E-state index is -1.28. The van der Waals surface area contributed by atoms with Gasteiger partial charge in [0.1, 0.15) is 22.5 Å². The molecule has 0 saturated heterocycles. The summed E-state index contributed by atoms with van der Waals surface area (Å²) in [6.45, 7) is 8.28. The van der Waals surface area contributed by atoms with Gasteiger partial charge in [-0.05, 0) is 58.4 Å². The number of amides is 2. The first-order valence-corrected chi connectivity index (χ1v) is 9.43. The number of carbonyl (C=O) groups is 2. The summed E-state index contributed by atoms with van der Waals surface area (Å²) in [5.74, 6) is -0.862. The Morgan fingerprint density at radius 2 is 1.70 bits per heavy atom. The number of halogens is 1. The van der Waals surface area contributed by atoms with Crippen molar-refractivity contribution < 1.29 is 23.1 Å². The molecule has 2 N–H and O–H groups in total. The largest absolute Gasteiger partial charge is 0.444 e. The van der Waals surface area contributed by atoms with E-state index in [4.69, 9.17) is 9.15 Å². The first-order chi connectivity index (χ1) is 13.9. The van der Waals surface area contributed by atoms with Crippen LogP contribution in [0.4, 0.5) is 15.2 Å². The molecule has 1 heterocycles. The van der Waals surface area contributed by atoms with E-state index in [1.165, 1.54) is 12.1 Å². The summed E-state index contributed by atoms with van der Waals surface area (Å²) in [5.41, 5.74) is 0.494. The quantitative estimate of drug-likeness (QED) is 0.636. The second kappa shape index (κ2) is 7.78. The Hall–Kier alpha value is -3.42. The van der Waals surface area contributed by atoms with Gasteiger partial charge in [-0.3, -0.25) is 10.1 Å². The van der Waals surface area contributed by atoms with Crippen molar-refractivity contribution in [2.75, 3.05) is 5.32 Å². The lowest BCUT2D eigenvalue weighted by Crippen LogP contribution is -2.53. The summed E-state index contributed by atoms with van der Waals surface area (Å²) >= 11 is 0. The van der Waals surface area contributed by atoms with Crippen LogP contribution >= 0.6 is 0 Å². The third-order valence-electron chi connectivity index (χ3n) is 4.17. The van der Waals surface area contributed by atoms with Crippen LogP contribution in [0.2, 0.25) is 0 Å². The maximum absolute atomic E-state index is 13.2. The highest BCUT2D eigenvalue weighted by Crippen LogP contribution is 2.31. The molecule has 1 aromatic heterocycles. The van der Waals surface area contributed by atoms with Crippen molar-refractivity contribution in [3.8, 4) is 11.1 Å². The monoisotopic (exact) mass is 413 g/mol. The maximum Gasteiger partial charge on any atom is 0.408 e. The molecule has 0 unspecified atom stereocenters. The number of para-hydroxylation sites is 1. The molecule has 0 atom stereocenters. The third-order valence-corrected chi connectivity index (χ3v) is 4.17. The summed E-state index contributed by atoms with van der Waals surface area (Å²) in [6.07, 6.45) is -0.709. The van der Waals surface area contributed by atoms with Crippen LogP contribution in [0.1, 0.15) is 34.6 Å². The number of nitrogens with zero attached hydrogens (tertiary/aromatic N) is 1. The van der Waals surface area contributed by atoms with Crippen LogP contribution in [-0.2, 0) is 9.53 Å². The summed E-state index contributed by atoms with van der Waals surface area (Å²) in [5, 5.41) is 5.11. The molecule has 0 aliphatic carbocycles. The van der Waals surface area contributed by atoms with E-state index in [0.717, 1.165) is 5.56 Å². The molecule has 0 aliphatic rings. The third kappa shape index (κ3) is 4.94. The van der Waals surface area contributed by atoms with Crippen LogP contribution < -0.4 is 10.6 Å². The average molecular weight is 413 g/mol. The van der Waals surface area contributed by atoms with Gasteiger partial charge in [0.2, 0.25) is 0 Å². The van der Waals surface area contributed by atoms with Gasteiger partial charge in [0.05, 0.1) is 0 Å². The van der Waals surface area contributed by atoms with Crippen LogP contribution in [0.5, 0.6) is 0 Å². The zero-order chi connectivity index (χ0) is 22.1. The number of aromatic nitrogens is 1. The molecule has 30 heavy (non-hydrogen) atoms. The Bertz CT molecular complexity index is 1080. The van der Waals surface area contributed by atoms with Gasteiger partial charge >= 0.3 is 12.1 Å². The number of hydrogen-bond donors (Lipinski definition) is 2. The van der Waals surface area contributed by atoms with Crippen LogP contribution in [0.25, 0.3) is 22.2 Å². The molecule has 0 bridgehead atoms. The number of carbonyl (C=O) groups excluding carboxylic acids is 2. The van der Waals surface area contributed by atoms with E-state index in [9.17, 15) is 14.0 Å². The smallest absolute Gasteiger partial charge is 0.408 e. The number of fused-ring (bicyclic) bond motifs is 1. The second-order valence-corrected chi connectivity index (χ2v) is 8.39. The van der Waals surface area contributed by atoms with Crippen molar-refractivity contribution in [1.82, 2.24) is 10.3 Å². The predicted molar refractivity (Wildman–Crippen MR) is 111 cm³/mol. The Balaban J connectivity index is 1.80. The number of alkyl carbamates (subject to hydrolysis) is 1. The summed E-state index contributed by atoms with van der Waals surface area (Å²) in [6, 6.07) is 11.3. The lowest BCUT2D eigenvalue weighted by Gasteiger charge is -2.27. The van der Waals surface area contributed by atoms with Crippen LogP contribution in [-0.4, -0.2) is 28.1 Å². The van der Waals surface area contributed by atoms with Gasteiger partial charge in [0.15, 0.2) is 5.58 Å². The molecule has 158 valence electrons. The summed E-state index contributed by atoms with van der Waals surface area (Å²) < 4.78 is 24.2. The Labute approximate surface area is 173 Å². The highest BCUT2D eigenvalue weighted by Gasteiger charge is 2.32. The molecule has 2 amide bonds. The molecule has 8 heteroatoms. The SMILES string of the molecule is CC(C)(C)OC(=O)NC(C)(C)C(=O)Nc1nc2cccc(-c3ccc(F)cc3)c2o1. The normalized spacial score (nSPS) is 11.9. The minimum absolute atomic E-state index is 0.0105. The van der Waals surface area contributed by atoms with Crippen molar-refractivity contribution in [3.05, 3.63) is 48.3 Å². The summed E-state index contributed by atoms with van der Waals surface area (Å²) in [4.78, 5) is 29.0. The van der Waals surface area contributed by atoms with Crippen LogP contribution in [0, 0.1) is 5.82 Å². The zero-order valence-corrected chi connectivity index (χ0v) is 17.5. The fraction of sp³-hybridized carbons (Fsp3) is 0.318. The fourth-order valence-corrected chi connectivity index (χ4v) is 2.73. The molecule has 3 rings (SSSR count). The number of oxazole rings is 1. The van der Waals surface area contributed by atoms with Crippen molar-refractivity contribution in [2.24, 2.45) is 0 Å². The lowest BCUT2D eigenvalue weighted by atomic mass is 10.0. The Kier molecular flexibility index (Phi) is 5.52. The molecule has 0 spiro atoms. The van der Waals surface area contributed by atoms with Gasteiger partial charge in [0, 0.05) is 5.56 Å². The van der Waals surface area contributed by atoms with Crippen molar-refractivity contribution in [3.63, 3.8) is 0 Å². The number of rotatable bonds is 4. The maximum atomic E-state index is 13.2. The molecule has 2 aromatic carbocycles. The molecule has 0 saturated carbocycles. The predicted octanol–water partition coefficient (Wildman–Crippen LogP) is 4.88. The minimum Gasteiger partial charge on any atom is -0.444 e. The molecule has 0 radical (unpaired) electrons. The Morgan fingerprint density at radius 1 is 1.03 bits per heavy atom. The van der Waals surface area contributed by atoms with Crippen LogP contribution in [0.15, 0.2) is 46.9 Å². The zero-order valence-electron chi connectivity index (χ0n) is 17.5. The molecule has 3 aromatic rings. The van der Waals surface area contributed by atoms with E-state index in [2.05, 4.69) is 15.6 Å². The van der Waals surface area contributed by atoms with Gasteiger partial charge in [-0.2, -0.15) is 4.98 Å². The van der Waals surface area contributed by atoms with Gasteiger partial charge < -0.3 is 14.5 Å². The molecule has 0 fully saturated rings. The van der Waals surface area contributed by atoms with E-state index in [1.807, 2.05) is 6.07 Å². The first kappa shape index (κ1) is 21.3. The number of hydrogen-bond acceptors (Lipinski definition) is 5. The highest BCUT2D eigenvalue weighted by molar-refractivity contribution is 5.99. The molecular formula is C22H24FN3O4. The number of benzene rings is 2. The number of anilines is 1. The van der Waals surface area contributed by atoms with Crippen molar-refractivity contribution in [1.29, 1.82) is 0 Å². The van der Waals surface area contributed by atoms with Gasteiger partial charge in [-0.15, -0.1) is 0 Å². The second-order valence-electron chi connectivity index (χ2n) is 8.39. The molecular weight excluding hydrogens is 389 g/mol. The van der Waals surface area contributed by atoms with E-state index < -0.39 is 23.1 Å². The van der Waals surface area contributed by atoms with Gasteiger partial charge in [0.25, 0.3) is 5.91 Å². The van der Waals surface area contributed by atoms with E-state index >= 15 is 0 Å². The van der Waals surface area contributed by atoms with Gasteiger partial charge in [-0.25, -0.2) is 9.18 Å². The molecule has 0 aliphatic heterocycles. The number of nitrogens with one attached hydrogen (secondary N) is 2. The fourth-order valence-electron chi connectivity index (χ4n) is 2.73. The topological polar surface area (TPSA) is 93.5 Å². The van der Waals surface area contributed by atoms with Crippen molar-refractivity contribution >= 4 is 29.1 Å². The van der Waals surface area contributed by atoms with E-state index in [-0.39, 0.29) is 11.8 Å². The molecule has 7 nitrogen and oxygen atoms in total. The summed E-state index contributed by atoms with van der Waals surface area (Å²) in [7, 11) is 0. The van der Waals surface area contributed by atoms with Crippen LogP contribution in [0.3, 0.4) is 0 Å². The average Bonchev–Trinajstić information content (AvgIpc) is 3.02. The standard InChI is InChI=1S/C22H24FN3O4/c1-21(2,3)30-20(28)26-22(4,5)18(27)25-19-24-16-8-6-7-15(17(16)29-19)13-9-11-14(23)12-10-13/h6-12H,1-5H3,(H,26,28)(H,24,25,27). The number of ether oxygens (including phenoxy) is 1. The Morgan fingerprint density at radius 3 is 2.33 bits per heavy atom.